The zero-order valence-corrected chi connectivity index (χ0v) is 18.1. The van der Waals surface area contributed by atoms with Gasteiger partial charge in [-0.15, -0.1) is 0 Å². The van der Waals surface area contributed by atoms with Gasteiger partial charge in [0.15, 0.2) is 12.4 Å². The van der Waals surface area contributed by atoms with E-state index >= 15 is 0 Å². The molecule has 0 aliphatic carbocycles. The SMILES string of the molecule is CC(=O)OC[C@H]1O[C@H](O)[C@@H](OC(C)=O)[C@@H](OCc2ccccc2)[C@H]1OCc1ccccc1. The van der Waals surface area contributed by atoms with Crippen molar-refractivity contribution in [2.45, 2.75) is 57.8 Å². The highest BCUT2D eigenvalue weighted by Gasteiger charge is 2.49. The lowest BCUT2D eigenvalue weighted by Gasteiger charge is -2.43. The highest BCUT2D eigenvalue weighted by atomic mass is 16.7. The van der Waals surface area contributed by atoms with Crippen LogP contribution in [0.15, 0.2) is 60.7 Å². The Labute approximate surface area is 187 Å². The van der Waals surface area contributed by atoms with Gasteiger partial charge in [-0.2, -0.15) is 0 Å². The molecule has 5 atom stereocenters. The third-order valence-corrected chi connectivity index (χ3v) is 4.93. The van der Waals surface area contributed by atoms with Gasteiger partial charge in [0.2, 0.25) is 0 Å². The summed E-state index contributed by atoms with van der Waals surface area (Å²) in [5, 5.41) is 10.5. The molecule has 8 heteroatoms. The first kappa shape index (κ1) is 23.9. The van der Waals surface area contributed by atoms with E-state index in [-0.39, 0.29) is 19.8 Å². The van der Waals surface area contributed by atoms with Crippen LogP contribution in [0.2, 0.25) is 0 Å². The normalized spacial score (nSPS) is 25.2. The first-order valence-electron chi connectivity index (χ1n) is 10.4. The fourth-order valence-corrected chi connectivity index (χ4v) is 3.47. The summed E-state index contributed by atoms with van der Waals surface area (Å²) in [7, 11) is 0. The molecule has 1 saturated heterocycles. The van der Waals surface area contributed by atoms with Gasteiger partial charge in [-0.05, 0) is 11.1 Å². The Morgan fingerprint density at radius 3 is 1.84 bits per heavy atom. The van der Waals surface area contributed by atoms with Crippen molar-refractivity contribution in [3.05, 3.63) is 71.8 Å². The Morgan fingerprint density at radius 2 is 1.34 bits per heavy atom. The third-order valence-electron chi connectivity index (χ3n) is 4.93. The highest BCUT2D eigenvalue weighted by molar-refractivity contribution is 5.66. The maximum Gasteiger partial charge on any atom is 0.303 e. The van der Waals surface area contributed by atoms with Gasteiger partial charge in [-0.25, -0.2) is 0 Å². The molecule has 1 fully saturated rings. The molecule has 0 bridgehead atoms. The van der Waals surface area contributed by atoms with E-state index in [2.05, 4.69) is 0 Å². The number of hydrogen-bond donors (Lipinski definition) is 1. The number of hydrogen-bond acceptors (Lipinski definition) is 8. The minimum atomic E-state index is -1.48. The van der Waals surface area contributed by atoms with Gasteiger partial charge in [0.1, 0.15) is 24.9 Å². The zero-order valence-electron chi connectivity index (χ0n) is 18.1. The molecule has 8 nitrogen and oxygen atoms in total. The summed E-state index contributed by atoms with van der Waals surface area (Å²) in [5.41, 5.74) is 1.81. The van der Waals surface area contributed by atoms with Crippen LogP contribution in [-0.2, 0) is 46.5 Å². The van der Waals surface area contributed by atoms with Crippen LogP contribution in [0.4, 0.5) is 0 Å². The Hall–Kier alpha value is -2.78. The van der Waals surface area contributed by atoms with Crippen molar-refractivity contribution >= 4 is 11.9 Å². The monoisotopic (exact) mass is 444 g/mol. The second-order valence-corrected chi connectivity index (χ2v) is 7.46. The fourth-order valence-electron chi connectivity index (χ4n) is 3.47. The number of aliphatic hydroxyl groups excluding tert-OH is 1. The molecule has 2 aromatic carbocycles. The number of rotatable bonds is 9. The number of carbonyl (C=O) groups is 2. The Bertz CT molecular complexity index is 857. The molecule has 32 heavy (non-hydrogen) atoms. The molecular formula is C24H28O8. The van der Waals surface area contributed by atoms with E-state index in [1.165, 1.54) is 13.8 Å². The van der Waals surface area contributed by atoms with Crippen molar-refractivity contribution in [2.24, 2.45) is 0 Å². The molecule has 172 valence electrons. The van der Waals surface area contributed by atoms with Crippen LogP contribution in [-0.4, -0.2) is 54.4 Å². The van der Waals surface area contributed by atoms with E-state index < -0.39 is 42.6 Å². The molecule has 2 aromatic rings. The van der Waals surface area contributed by atoms with E-state index in [0.29, 0.717) is 0 Å². The number of esters is 2. The third kappa shape index (κ3) is 6.86. The standard InChI is InChI=1S/C24H28O8/c1-16(25)28-15-20-21(29-13-18-9-5-3-6-10-18)22(23(24(27)32-20)31-17(2)26)30-14-19-11-7-4-8-12-19/h3-12,20-24,27H,13-15H2,1-2H3/t20-,21+,22+,23+,24+/m1/s1. The number of aliphatic hydroxyl groups is 1. The maximum absolute atomic E-state index is 11.7. The zero-order chi connectivity index (χ0) is 22.9. The van der Waals surface area contributed by atoms with Crippen LogP contribution in [0.1, 0.15) is 25.0 Å². The first-order chi connectivity index (χ1) is 15.4. The van der Waals surface area contributed by atoms with Crippen molar-refractivity contribution in [3.8, 4) is 0 Å². The van der Waals surface area contributed by atoms with E-state index in [1.54, 1.807) is 0 Å². The smallest absolute Gasteiger partial charge is 0.303 e. The lowest BCUT2D eigenvalue weighted by Crippen LogP contribution is -2.61. The molecule has 0 unspecified atom stereocenters. The topological polar surface area (TPSA) is 101 Å². The molecule has 0 saturated carbocycles. The van der Waals surface area contributed by atoms with Gasteiger partial charge >= 0.3 is 11.9 Å². The molecule has 0 radical (unpaired) electrons. The van der Waals surface area contributed by atoms with Crippen LogP contribution >= 0.6 is 0 Å². The molecule has 0 amide bonds. The first-order valence-corrected chi connectivity index (χ1v) is 10.4. The van der Waals surface area contributed by atoms with Crippen LogP contribution in [0.3, 0.4) is 0 Å². The predicted octanol–water partition coefficient (Wildman–Crippen LogP) is 2.37. The Morgan fingerprint density at radius 1 is 0.812 bits per heavy atom. The fraction of sp³-hybridized carbons (Fsp3) is 0.417. The summed E-state index contributed by atoms with van der Waals surface area (Å²) in [5.74, 6) is -1.08. The lowest BCUT2D eigenvalue weighted by atomic mass is 9.98. The van der Waals surface area contributed by atoms with E-state index in [0.717, 1.165) is 11.1 Å². The van der Waals surface area contributed by atoms with Gasteiger partial charge in [0.05, 0.1) is 13.2 Å². The molecule has 0 spiro atoms. The van der Waals surface area contributed by atoms with Crippen molar-refractivity contribution in [3.63, 3.8) is 0 Å². The number of ether oxygens (including phenoxy) is 5. The van der Waals surface area contributed by atoms with Crippen LogP contribution in [0.5, 0.6) is 0 Å². The summed E-state index contributed by atoms with van der Waals surface area (Å²) >= 11 is 0. The van der Waals surface area contributed by atoms with Crippen LogP contribution < -0.4 is 0 Å². The Balaban J connectivity index is 1.84. The molecule has 1 aliphatic rings. The molecule has 0 aromatic heterocycles. The van der Waals surface area contributed by atoms with Gasteiger partial charge in [-0.3, -0.25) is 9.59 Å². The summed E-state index contributed by atoms with van der Waals surface area (Å²) in [6.07, 6.45) is -5.08. The second-order valence-electron chi connectivity index (χ2n) is 7.46. The second kappa shape index (κ2) is 11.7. The van der Waals surface area contributed by atoms with Crippen molar-refractivity contribution in [1.82, 2.24) is 0 Å². The average molecular weight is 444 g/mol. The summed E-state index contributed by atoms with van der Waals surface area (Å²) in [6, 6.07) is 18.9. The minimum absolute atomic E-state index is 0.149. The summed E-state index contributed by atoms with van der Waals surface area (Å²) in [4.78, 5) is 23.1. The molecule has 1 N–H and O–H groups in total. The molecule has 1 heterocycles. The highest BCUT2D eigenvalue weighted by Crippen LogP contribution is 2.29. The minimum Gasteiger partial charge on any atom is -0.463 e. The Kier molecular flexibility index (Phi) is 8.75. The molecule has 3 rings (SSSR count). The van der Waals surface area contributed by atoms with Gasteiger partial charge in [0, 0.05) is 13.8 Å². The molecule has 1 aliphatic heterocycles. The number of benzene rings is 2. The van der Waals surface area contributed by atoms with Gasteiger partial charge in [0.25, 0.3) is 0 Å². The van der Waals surface area contributed by atoms with Crippen molar-refractivity contribution < 1.29 is 38.4 Å². The number of carbonyl (C=O) groups excluding carboxylic acids is 2. The van der Waals surface area contributed by atoms with Crippen LogP contribution in [0.25, 0.3) is 0 Å². The quantitative estimate of drug-likeness (QED) is 0.589. The summed E-state index contributed by atoms with van der Waals surface area (Å²) in [6.45, 7) is 2.79. The van der Waals surface area contributed by atoms with Gasteiger partial charge in [-0.1, -0.05) is 60.7 Å². The lowest BCUT2D eigenvalue weighted by molar-refractivity contribution is -0.308. The van der Waals surface area contributed by atoms with Crippen molar-refractivity contribution in [2.75, 3.05) is 6.61 Å². The van der Waals surface area contributed by atoms with Crippen LogP contribution in [0, 0.1) is 0 Å². The van der Waals surface area contributed by atoms with E-state index in [4.69, 9.17) is 23.7 Å². The van der Waals surface area contributed by atoms with E-state index in [1.807, 2.05) is 60.7 Å². The van der Waals surface area contributed by atoms with Crippen molar-refractivity contribution in [1.29, 1.82) is 0 Å². The molecular weight excluding hydrogens is 416 g/mol. The largest absolute Gasteiger partial charge is 0.463 e. The predicted molar refractivity (Wildman–Crippen MR) is 113 cm³/mol. The maximum atomic E-state index is 11.7. The average Bonchev–Trinajstić information content (AvgIpc) is 2.78. The summed E-state index contributed by atoms with van der Waals surface area (Å²) < 4.78 is 28.3. The van der Waals surface area contributed by atoms with E-state index in [9.17, 15) is 14.7 Å². The van der Waals surface area contributed by atoms with Gasteiger partial charge < -0.3 is 28.8 Å².